The molecule has 0 bridgehead atoms. The Morgan fingerprint density at radius 2 is 2.11 bits per heavy atom. The monoisotopic (exact) mass is 299 g/mol. The molecule has 2 N–H and O–H groups in total. The fourth-order valence-electron chi connectivity index (χ4n) is 1.70. The van der Waals surface area contributed by atoms with Crippen LogP contribution in [0.2, 0.25) is 5.02 Å². The Morgan fingerprint density at radius 3 is 2.68 bits per heavy atom. The SMILES string of the molecule is Cn1nccc1CCS(=O)(=O)c1ccc(N)c(Cl)c1. The van der Waals surface area contributed by atoms with E-state index in [2.05, 4.69) is 5.10 Å². The molecule has 0 amide bonds. The van der Waals surface area contributed by atoms with Gasteiger partial charge in [0.2, 0.25) is 0 Å². The maximum Gasteiger partial charge on any atom is 0.178 e. The van der Waals surface area contributed by atoms with Crippen LogP contribution in [0.3, 0.4) is 0 Å². The van der Waals surface area contributed by atoms with Crippen molar-refractivity contribution in [3.05, 3.63) is 41.2 Å². The largest absolute Gasteiger partial charge is 0.398 e. The molecule has 0 aliphatic carbocycles. The fraction of sp³-hybridized carbons (Fsp3) is 0.250. The second-order valence-electron chi connectivity index (χ2n) is 4.20. The summed E-state index contributed by atoms with van der Waals surface area (Å²) < 4.78 is 26.0. The number of halogens is 1. The van der Waals surface area contributed by atoms with Crippen molar-refractivity contribution in [3.8, 4) is 0 Å². The van der Waals surface area contributed by atoms with Gasteiger partial charge in [-0.3, -0.25) is 4.68 Å². The molecule has 0 unspecified atom stereocenters. The van der Waals surface area contributed by atoms with Crippen LogP contribution < -0.4 is 5.73 Å². The summed E-state index contributed by atoms with van der Waals surface area (Å²) in [6.07, 6.45) is 2.04. The minimum atomic E-state index is -3.37. The molecule has 1 aromatic heterocycles. The number of nitrogens with two attached hydrogens (primary N) is 1. The van der Waals surface area contributed by atoms with E-state index in [0.29, 0.717) is 12.1 Å². The van der Waals surface area contributed by atoms with Crippen molar-refractivity contribution in [1.82, 2.24) is 9.78 Å². The number of benzene rings is 1. The lowest BCUT2D eigenvalue weighted by Gasteiger charge is -2.06. The standard InChI is InChI=1S/C12H14ClN3O2S/c1-16-9(4-6-15-16)5-7-19(17,18)10-2-3-12(14)11(13)8-10/h2-4,6,8H,5,7,14H2,1H3. The molecule has 0 atom stereocenters. The number of aryl methyl sites for hydroxylation is 2. The number of sulfone groups is 1. The highest BCUT2D eigenvalue weighted by molar-refractivity contribution is 7.91. The van der Waals surface area contributed by atoms with E-state index < -0.39 is 9.84 Å². The summed E-state index contributed by atoms with van der Waals surface area (Å²) in [6.45, 7) is 0. The van der Waals surface area contributed by atoms with Gasteiger partial charge >= 0.3 is 0 Å². The van der Waals surface area contributed by atoms with Crippen molar-refractivity contribution in [2.75, 3.05) is 11.5 Å². The average Bonchev–Trinajstić information content (AvgIpc) is 2.76. The van der Waals surface area contributed by atoms with E-state index in [1.54, 1.807) is 24.0 Å². The summed E-state index contributed by atoms with van der Waals surface area (Å²) >= 11 is 5.84. The van der Waals surface area contributed by atoms with Crippen LogP contribution in [0.1, 0.15) is 5.69 Å². The molecule has 0 saturated heterocycles. The predicted molar refractivity (Wildman–Crippen MR) is 74.8 cm³/mol. The van der Waals surface area contributed by atoms with Gasteiger partial charge < -0.3 is 5.73 Å². The van der Waals surface area contributed by atoms with Gasteiger partial charge in [0.15, 0.2) is 9.84 Å². The maximum atomic E-state index is 12.2. The molecule has 0 aliphatic rings. The van der Waals surface area contributed by atoms with Crippen LogP contribution in [0.4, 0.5) is 5.69 Å². The van der Waals surface area contributed by atoms with E-state index in [9.17, 15) is 8.42 Å². The van der Waals surface area contributed by atoms with Crippen LogP contribution in [0, 0.1) is 0 Å². The Balaban J connectivity index is 2.18. The smallest absolute Gasteiger partial charge is 0.178 e. The number of nitrogens with zero attached hydrogens (tertiary/aromatic N) is 2. The first kappa shape index (κ1) is 13.9. The zero-order valence-corrected chi connectivity index (χ0v) is 11.9. The Morgan fingerprint density at radius 1 is 1.37 bits per heavy atom. The normalized spacial score (nSPS) is 11.7. The third kappa shape index (κ3) is 3.08. The van der Waals surface area contributed by atoms with Crippen molar-refractivity contribution in [1.29, 1.82) is 0 Å². The summed E-state index contributed by atoms with van der Waals surface area (Å²) in [4.78, 5) is 0.189. The molecule has 0 saturated carbocycles. The predicted octanol–water partition coefficient (Wildman–Crippen LogP) is 1.67. The van der Waals surface area contributed by atoms with Gasteiger partial charge in [-0.1, -0.05) is 11.6 Å². The summed E-state index contributed by atoms with van der Waals surface area (Å²) in [5.74, 6) is 0.00673. The molecular formula is C12H14ClN3O2S. The van der Waals surface area contributed by atoms with Gasteiger partial charge in [-0.2, -0.15) is 5.10 Å². The highest BCUT2D eigenvalue weighted by atomic mass is 35.5. The number of rotatable bonds is 4. The Labute approximate surface area is 116 Å². The zero-order chi connectivity index (χ0) is 14.0. The number of hydrogen-bond acceptors (Lipinski definition) is 4. The quantitative estimate of drug-likeness (QED) is 0.871. The summed E-state index contributed by atoms with van der Waals surface area (Å²) in [5.41, 5.74) is 6.80. The zero-order valence-electron chi connectivity index (χ0n) is 10.4. The van der Waals surface area contributed by atoms with Gasteiger partial charge in [0.05, 0.1) is 21.4 Å². The fourth-order valence-corrected chi connectivity index (χ4v) is 3.24. The molecule has 0 fully saturated rings. The van der Waals surface area contributed by atoms with Crippen LogP contribution in [-0.4, -0.2) is 24.0 Å². The molecule has 102 valence electrons. The molecule has 1 heterocycles. The average molecular weight is 300 g/mol. The Kier molecular flexibility index (Phi) is 3.82. The van der Waals surface area contributed by atoms with Gasteiger partial charge in [0, 0.05) is 25.4 Å². The van der Waals surface area contributed by atoms with Crippen LogP contribution in [0.15, 0.2) is 35.4 Å². The molecule has 0 spiro atoms. The number of nitrogen functional groups attached to an aromatic ring is 1. The first-order chi connectivity index (χ1) is 8.90. The Bertz CT molecular complexity index is 695. The molecule has 5 nitrogen and oxygen atoms in total. The van der Waals surface area contributed by atoms with E-state index in [-0.39, 0.29) is 15.7 Å². The van der Waals surface area contributed by atoms with Crippen molar-refractivity contribution < 1.29 is 8.42 Å². The minimum absolute atomic E-state index is 0.00673. The van der Waals surface area contributed by atoms with E-state index in [0.717, 1.165) is 5.69 Å². The number of hydrogen-bond donors (Lipinski definition) is 1. The van der Waals surface area contributed by atoms with Crippen LogP contribution in [-0.2, 0) is 23.3 Å². The van der Waals surface area contributed by atoms with E-state index in [1.807, 2.05) is 0 Å². The second kappa shape index (κ2) is 5.22. The first-order valence-corrected chi connectivity index (χ1v) is 7.68. The first-order valence-electron chi connectivity index (χ1n) is 5.65. The van der Waals surface area contributed by atoms with Crippen molar-refractivity contribution >= 4 is 27.1 Å². The van der Waals surface area contributed by atoms with Gasteiger partial charge in [-0.25, -0.2) is 8.42 Å². The summed E-state index contributed by atoms with van der Waals surface area (Å²) in [7, 11) is -1.59. The molecular weight excluding hydrogens is 286 g/mol. The van der Waals surface area contributed by atoms with E-state index in [1.165, 1.54) is 18.2 Å². The van der Waals surface area contributed by atoms with E-state index >= 15 is 0 Å². The summed E-state index contributed by atoms with van der Waals surface area (Å²) in [6, 6.07) is 6.15. The third-order valence-electron chi connectivity index (χ3n) is 2.88. The van der Waals surface area contributed by atoms with Gasteiger partial charge in [0.25, 0.3) is 0 Å². The van der Waals surface area contributed by atoms with Crippen LogP contribution >= 0.6 is 11.6 Å². The van der Waals surface area contributed by atoms with E-state index in [4.69, 9.17) is 17.3 Å². The lowest BCUT2D eigenvalue weighted by atomic mass is 10.3. The van der Waals surface area contributed by atoms with Crippen molar-refractivity contribution in [2.24, 2.45) is 7.05 Å². The maximum absolute atomic E-state index is 12.2. The molecule has 2 aromatic rings. The molecule has 7 heteroatoms. The van der Waals surface area contributed by atoms with Crippen molar-refractivity contribution in [3.63, 3.8) is 0 Å². The molecule has 19 heavy (non-hydrogen) atoms. The second-order valence-corrected chi connectivity index (χ2v) is 6.71. The minimum Gasteiger partial charge on any atom is -0.398 e. The highest BCUT2D eigenvalue weighted by Crippen LogP contribution is 2.23. The van der Waals surface area contributed by atoms with Crippen LogP contribution in [0.25, 0.3) is 0 Å². The molecule has 0 radical (unpaired) electrons. The third-order valence-corrected chi connectivity index (χ3v) is 4.92. The number of aromatic nitrogens is 2. The van der Waals surface area contributed by atoms with Crippen molar-refractivity contribution in [2.45, 2.75) is 11.3 Å². The Hall–Kier alpha value is -1.53. The number of anilines is 1. The van der Waals surface area contributed by atoms with Gasteiger partial charge in [0.1, 0.15) is 0 Å². The lowest BCUT2D eigenvalue weighted by molar-refractivity contribution is 0.593. The molecule has 1 aromatic carbocycles. The topological polar surface area (TPSA) is 78.0 Å². The van der Waals surface area contributed by atoms with Crippen LogP contribution in [0.5, 0.6) is 0 Å². The lowest BCUT2D eigenvalue weighted by Crippen LogP contribution is -2.11. The van der Waals surface area contributed by atoms with Gasteiger partial charge in [-0.15, -0.1) is 0 Å². The molecule has 2 rings (SSSR count). The highest BCUT2D eigenvalue weighted by Gasteiger charge is 2.16. The summed E-state index contributed by atoms with van der Waals surface area (Å²) in [5, 5.41) is 4.25. The van der Waals surface area contributed by atoms with Gasteiger partial charge in [-0.05, 0) is 24.3 Å². The molecule has 0 aliphatic heterocycles.